The number of nitrogens with one attached hydrogen (secondary N) is 1. The van der Waals surface area contributed by atoms with E-state index in [1.54, 1.807) is 0 Å². The Balaban J connectivity index is 0.00000240. The predicted octanol–water partition coefficient (Wildman–Crippen LogP) is 4.55. The molecule has 0 aliphatic heterocycles. The highest BCUT2D eigenvalue weighted by atomic mass is 127. The first-order valence-corrected chi connectivity index (χ1v) is 10.0. The van der Waals surface area contributed by atoms with Crippen molar-refractivity contribution in [3.63, 3.8) is 0 Å². The van der Waals surface area contributed by atoms with Gasteiger partial charge in [0.05, 0.1) is 0 Å². The van der Waals surface area contributed by atoms with Crippen molar-refractivity contribution in [2.24, 2.45) is 10.7 Å². The van der Waals surface area contributed by atoms with Gasteiger partial charge >= 0.3 is 0 Å². The summed E-state index contributed by atoms with van der Waals surface area (Å²) in [4.78, 5) is 8.98. The van der Waals surface area contributed by atoms with Gasteiger partial charge in [-0.15, -0.1) is 24.0 Å². The van der Waals surface area contributed by atoms with Gasteiger partial charge in [0.1, 0.15) is 12.4 Å². The highest BCUT2D eigenvalue weighted by Crippen LogP contribution is 2.27. The van der Waals surface area contributed by atoms with Crippen LogP contribution in [0.4, 0.5) is 5.69 Å². The van der Waals surface area contributed by atoms with Crippen LogP contribution < -0.4 is 11.1 Å². The van der Waals surface area contributed by atoms with Gasteiger partial charge in [0.25, 0.3) is 0 Å². The van der Waals surface area contributed by atoms with Crippen LogP contribution in [0.1, 0.15) is 35.4 Å². The van der Waals surface area contributed by atoms with E-state index in [9.17, 15) is 0 Å². The number of hydrogen-bond donors (Lipinski definition) is 2. The molecular weight excluding hydrogens is 473 g/mol. The number of nitrogens with two attached hydrogens (primary N) is 1. The van der Waals surface area contributed by atoms with Gasteiger partial charge in [-0.05, 0) is 54.9 Å². The van der Waals surface area contributed by atoms with Crippen molar-refractivity contribution in [1.29, 1.82) is 0 Å². The zero-order valence-corrected chi connectivity index (χ0v) is 18.9. The number of aromatic nitrogens is 2. The fourth-order valence-electron chi connectivity index (χ4n) is 3.82. The van der Waals surface area contributed by atoms with Gasteiger partial charge in [-0.1, -0.05) is 42.5 Å². The van der Waals surface area contributed by atoms with Crippen molar-refractivity contribution in [1.82, 2.24) is 9.55 Å². The van der Waals surface area contributed by atoms with Crippen molar-refractivity contribution in [3.8, 4) is 0 Å². The first-order valence-electron chi connectivity index (χ1n) is 10.0. The average molecular weight is 501 g/mol. The molecule has 1 aromatic heterocycles. The number of fused-ring (bicyclic) bond motifs is 1. The van der Waals surface area contributed by atoms with Crippen molar-refractivity contribution >= 4 is 35.6 Å². The average Bonchev–Trinajstić information content (AvgIpc) is 3.19. The van der Waals surface area contributed by atoms with Gasteiger partial charge in [-0.2, -0.15) is 0 Å². The second-order valence-electron chi connectivity index (χ2n) is 7.25. The lowest BCUT2D eigenvalue weighted by Crippen LogP contribution is -2.24. The Morgan fingerprint density at radius 2 is 1.90 bits per heavy atom. The number of rotatable bonds is 6. The smallest absolute Gasteiger partial charge is 0.193 e. The van der Waals surface area contributed by atoms with E-state index in [2.05, 4.69) is 62.3 Å². The van der Waals surface area contributed by atoms with Crippen LogP contribution in [0.2, 0.25) is 0 Å². The Labute approximate surface area is 189 Å². The number of imidazole rings is 1. The molecule has 1 aliphatic carbocycles. The van der Waals surface area contributed by atoms with Gasteiger partial charge in [0.15, 0.2) is 5.96 Å². The van der Waals surface area contributed by atoms with E-state index in [1.165, 1.54) is 29.5 Å². The lowest BCUT2D eigenvalue weighted by molar-refractivity contribution is 0.652. The summed E-state index contributed by atoms with van der Waals surface area (Å²) in [5, 5.41) is 3.30. The molecule has 3 N–H and O–H groups in total. The Morgan fingerprint density at radius 1 is 1.07 bits per heavy atom. The maximum atomic E-state index is 6.17. The summed E-state index contributed by atoms with van der Waals surface area (Å²) < 4.78 is 2.15. The van der Waals surface area contributed by atoms with E-state index < -0.39 is 0 Å². The molecule has 0 spiro atoms. The topological polar surface area (TPSA) is 68.2 Å². The molecule has 1 heterocycles. The molecule has 0 unspecified atom stereocenters. The first kappa shape index (κ1) is 21.4. The highest BCUT2D eigenvalue weighted by Gasteiger charge is 2.13. The van der Waals surface area contributed by atoms with E-state index in [0.717, 1.165) is 37.3 Å². The third-order valence-electron chi connectivity index (χ3n) is 5.34. The number of halogens is 1. The van der Waals surface area contributed by atoms with E-state index in [-0.39, 0.29) is 24.0 Å². The molecule has 4 rings (SSSR count). The van der Waals surface area contributed by atoms with E-state index in [4.69, 9.17) is 5.73 Å². The van der Waals surface area contributed by atoms with Gasteiger partial charge in [-0.25, -0.2) is 9.98 Å². The molecule has 6 heteroatoms. The van der Waals surface area contributed by atoms with Crippen molar-refractivity contribution in [2.75, 3.05) is 5.32 Å². The van der Waals surface area contributed by atoms with Crippen LogP contribution in [0.3, 0.4) is 0 Å². The van der Waals surface area contributed by atoms with Crippen LogP contribution in [0, 0.1) is 0 Å². The third kappa shape index (κ3) is 5.59. The lowest BCUT2D eigenvalue weighted by Gasteiger charge is -2.19. The van der Waals surface area contributed by atoms with Gasteiger partial charge in [0, 0.05) is 24.6 Å². The van der Waals surface area contributed by atoms with Gasteiger partial charge in [0.2, 0.25) is 0 Å². The van der Waals surface area contributed by atoms with E-state index in [0.29, 0.717) is 12.5 Å². The molecule has 0 fully saturated rings. The summed E-state index contributed by atoms with van der Waals surface area (Å²) in [5.74, 6) is 1.37. The van der Waals surface area contributed by atoms with Crippen LogP contribution in [-0.2, 0) is 32.4 Å². The second kappa shape index (κ2) is 10.4. The van der Waals surface area contributed by atoms with Crippen LogP contribution in [0.25, 0.3) is 0 Å². The summed E-state index contributed by atoms with van der Waals surface area (Å²) in [5.41, 5.74) is 11.4. The molecule has 0 amide bonds. The van der Waals surface area contributed by atoms with Gasteiger partial charge in [-0.3, -0.25) is 0 Å². The largest absolute Gasteiger partial charge is 0.370 e. The number of aliphatic imine (C=N–C) groups is 1. The Kier molecular flexibility index (Phi) is 7.69. The zero-order valence-electron chi connectivity index (χ0n) is 16.6. The minimum atomic E-state index is 0. The van der Waals surface area contributed by atoms with Gasteiger partial charge < -0.3 is 15.6 Å². The lowest BCUT2D eigenvalue weighted by atomic mass is 9.90. The Morgan fingerprint density at radius 3 is 2.76 bits per heavy atom. The number of anilines is 1. The monoisotopic (exact) mass is 501 g/mol. The minimum Gasteiger partial charge on any atom is -0.370 e. The van der Waals surface area contributed by atoms with Crippen molar-refractivity contribution in [2.45, 2.75) is 45.2 Å². The molecule has 29 heavy (non-hydrogen) atoms. The first-order chi connectivity index (χ1) is 13.8. The number of nitrogens with zero attached hydrogens (tertiary/aromatic N) is 3. The summed E-state index contributed by atoms with van der Waals surface area (Å²) in [6.07, 6.45) is 9.57. The number of benzene rings is 2. The van der Waals surface area contributed by atoms with Crippen molar-refractivity contribution in [3.05, 3.63) is 83.4 Å². The maximum absolute atomic E-state index is 6.17. The molecular formula is C23H28IN5. The van der Waals surface area contributed by atoms with Crippen LogP contribution in [0.5, 0.6) is 0 Å². The highest BCUT2D eigenvalue weighted by molar-refractivity contribution is 14.0. The zero-order chi connectivity index (χ0) is 19.2. The summed E-state index contributed by atoms with van der Waals surface area (Å²) in [6.45, 7) is 1.35. The molecule has 0 atom stereocenters. The maximum Gasteiger partial charge on any atom is 0.193 e. The second-order valence-corrected chi connectivity index (χ2v) is 7.25. The Bertz CT molecular complexity index is 949. The molecule has 0 saturated heterocycles. The molecule has 0 saturated carbocycles. The number of guanidine groups is 1. The Hall–Kier alpha value is -2.35. The standard InChI is InChI=1S/C23H27N5.HI/c24-23(27-21-12-6-10-19-9-4-5-11-20(19)21)26-17-22-25-14-16-28(22)15-13-18-7-2-1-3-8-18;/h1-3,6-8,10,12,14,16H,4-5,9,11,13,15,17H2,(H3,24,26,27);1H. The molecule has 1 aliphatic rings. The normalized spacial score (nSPS) is 13.4. The fourth-order valence-corrected chi connectivity index (χ4v) is 3.82. The molecule has 3 aromatic rings. The van der Waals surface area contributed by atoms with Crippen LogP contribution in [0.15, 0.2) is 65.9 Å². The number of aryl methyl sites for hydroxylation is 3. The quantitative estimate of drug-likeness (QED) is 0.296. The molecule has 0 bridgehead atoms. The van der Waals surface area contributed by atoms with Crippen LogP contribution in [-0.4, -0.2) is 15.5 Å². The summed E-state index contributed by atoms with van der Waals surface area (Å²) in [6, 6.07) is 16.9. The third-order valence-corrected chi connectivity index (χ3v) is 5.34. The SMILES string of the molecule is I.NC(=NCc1nccn1CCc1ccccc1)Nc1cccc2c1CCCC2. The van der Waals surface area contributed by atoms with E-state index in [1.807, 2.05) is 18.5 Å². The summed E-state index contributed by atoms with van der Waals surface area (Å²) in [7, 11) is 0. The van der Waals surface area contributed by atoms with E-state index >= 15 is 0 Å². The predicted molar refractivity (Wildman–Crippen MR) is 130 cm³/mol. The number of hydrogen-bond acceptors (Lipinski definition) is 2. The fraction of sp³-hybridized carbons (Fsp3) is 0.304. The molecule has 152 valence electrons. The minimum absolute atomic E-state index is 0. The van der Waals surface area contributed by atoms with Crippen LogP contribution >= 0.6 is 24.0 Å². The molecule has 2 aromatic carbocycles. The summed E-state index contributed by atoms with van der Waals surface area (Å²) >= 11 is 0. The van der Waals surface area contributed by atoms with Crippen molar-refractivity contribution < 1.29 is 0 Å². The molecule has 0 radical (unpaired) electrons. The molecule has 5 nitrogen and oxygen atoms in total.